The van der Waals surface area contributed by atoms with Crippen LogP contribution in [0.5, 0.6) is 0 Å². The zero-order valence-electron chi connectivity index (χ0n) is 20.5. The van der Waals surface area contributed by atoms with Crippen LogP contribution in [-0.2, 0) is 4.79 Å². The van der Waals surface area contributed by atoms with Crippen LogP contribution in [0.25, 0.3) is 0 Å². The van der Waals surface area contributed by atoms with Gasteiger partial charge in [0.25, 0.3) is 5.91 Å². The highest BCUT2D eigenvalue weighted by molar-refractivity contribution is 6.42. The van der Waals surface area contributed by atoms with E-state index >= 15 is 0 Å². The summed E-state index contributed by atoms with van der Waals surface area (Å²) in [5, 5.41) is 3.99. The summed E-state index contributed by atoms with van der Waals surface area (Å²) in [7, 11) is 1.86. The van der Waals surface area contributed by atoms with Gasteiger partial charge in [-0.3, -0.25) is 9.59 Å². The fourth-order valence-electron chi connectivity index (χ4n) is 4.63. The summed E-state index contributed by atoms with van der Waals surface area (Å²) in [5.41, 5.74) is 1.80. The van der Waals surface area contributed by atoms with Gasteiger partial charge in [-0.05, 0) is 81.1 Å². The number of benzene rings is 2. The molecule has 0 radical (unpaired) electrons. The molecule has 8 heteroatoms. The molecule has 35 heavy (non-hydrogen) atoms. The minimum atomic E-state index is 0. The van der Waals surface area contributed by atoms with Crippen LogP contribution in [0.3, 0.4) is 0 Å². The summed E-state index contributed by atoms with van der Waals surface area (Å²) in [6, 6.07) is 15.2. The van der Waals surface area contributed by atoms with E-state index in [1.165, 1.54) is 0 Å². The number of likely N-dealkylation sites (tertiary alicyclic amines) is 1. The minimum absolute atomic E-state index is 0. The highest BCUT2D eigenvalue weighted by atomic mass is 35.5. The molecule has 2 amide bonds. The van der Waals surface area contributed by atoms with Gasteiger partial charge < -0.3 is 15.1 Å². The number of hydrogen-bond donors (Lipinski definition) is 1. The molecule has 0 saturated carbocycles. The predicted octanol–water partition coefficient (Wildman–Crippen LogP) is 5.90. The van der Waals surface area contributed by atoms with E-state index in [1.54, 1.807) is 11.8 Å². The number of likely N-dealkylation sites (N-methyl/N-ethyl adjacent to an activating group) is 1. The van der Waals surface area contributed by atoms with E-state index in [0.29, 0.717) is 28.1 Å². The van der Waals surface area contributed by atoms with Crippen molar-refractivity contribution in [3.05, 3.63) is 69.7 Å². The largest absolute Gasteiger partial charge is 0.356 e. The van der Waals surface area contributed by atoms with Crippen LogP contribution in [-0.4, -0.2) is 61.4 Å². The van der Waals surface area contributed by atoms with Gasteiger partial charge in [-0.15, -0.1) is 12.4 Å². The average Bonchev–Trinajstić information content (AvgIpc) is 2.84. The number of hydrogen-bond acceptors (Lipinski definition) is 3. The molecule has 0 bridgehead atoms. The summed E-state index contributed by atoms with van der Waals surface area (Å²) >= 11 is 12.5. The first kappa shape index (κ1) is 29.4. The molecule has 0 aliphatic carbocycles. The monoisotopic (exact) mass is 539 g/mol. The summed E-state index contributed by atoms with van der Waals surface area (Å²) < 4.78 is 0. The molecule has 5 nitrogen and oxygen atoms in total. The van der Waals surface area contributed by atoms with Crippen LogP contribution < -0.4 is 5.32 Å². The maximum atomic E-state index is 12.9. The van der Waals surface area contributed by atoms with Crippen molar-refractivity contribution >= 4 is 47.4 Å². The van der Waals surface area contributed by atoms with Crippen LogP contribution >= 0.6 is 35.6 Å². The van der Waals surface area contributed by atoms with Crippen molar-refractivity contribution in [1.82, 2.24) is 15.1 Å². The van der Waals surface area contributed by atoms with Gasteiger partial charge in [0, 0.05) is 38.5 Å². The number of piperidine rings is 1. The topological polar surface area (TPSA) is 52.7 Å². The molecule has 1 unspecified atom stereocenters. The van der Waals surface area contributed by atoms with E-state index in [-0.39, 0.29) is 30.1 Å². The second-order valence-corrected chi connectivity index (χ2v) is 10.1. The Morgan fingerprint density at radius 3 is 2.40 bits per heavy atom. The maximum Gasteiger partial charge on any atom is 0.253 e. The molecule has 1 aliphatic rings. The summed E-state index contributed by atoms with van der Waals surface area (Å²) in [6.07, 6.45) is 4.29. The Kier molecular flexibility index (Phi) is 12.4. The molecule has 1 heterocycles. The van der Waals surface area contributed by atoms with Gasteiger partial charge >= 0.3 is 0 Å². The summed E-state index contributed by atoms with van der Waals surface area (Å²) in [5.74, 6) is 0.889. The van der Waals surface area contributed by atoms with Gasteiger partial charge in [0.1, 0.15) is 0 Å². The number of carbonyl (C=O) groups is 2. The first-order valence-corrected chi connectivity index (χ1v) is 12.8. The number of carbonyl (C=O) groups excluding carboxylic acids is 2. The Bertz CT molecular complexity index is 950. The zero-order valence-corrected chi connectivity index (χ0v) is 22.8. The van der Waals surface area contributed by atoms with Crippen LogP contribution in [0.4, 0.5) is 0 Å². The molecule has 192 valence electrons. The number of nitrogens with zero attached hydrogens (tertiary/aromatic N) is 2. The highest BCUT2D eigenvalue weighted by Gasteiger charge is 2.23. The quantitative estimate of drug-likeness (QED) is 0.408. The van der Waals surface area contributed by atoms with Gasteiger partial charge in [0.05, 0.1) is 10.0 Å². The molecular formula is C27H36Cl3N3O2. The average molecular weight is 541 g/mol. The van der Waals surface area contributed by atoms with Gasteiger partial charge in [-0.2, -0.15) is 0 Å². The molecule has 1 atom stereocenters. The first-order chi connectivity index (χ1) is 16.3. The maximum absolute atomic E-state index is 12.9. The van der Waals surface area contributed by atoms with Crippen molar-refractivity contribution < 1.29 is 9.59 Å². The van der Waals surface area contributed by atoms with Crippen LogP contribution in [0, 0.1) is 5.92 Å². The minimum Gasteiger partial charge on any atom is -0.356 e. The Morgan fingerprint density at radius 1 is 1.09 bits per heavy atom. The van der Waals surface area contributed by atoms with E-state index in [0.717, 1.165) is 57.4 Å². The molecule has 1 aliphatic heterocycles. The second-order valence-electron chi connectivity index (χ2n) is 9.27. The molecular weight excluding hydrogens is 505 g/mol. The van der Waals surface area contributed by atoms with Gasteiger partial charge in [0.2, 0.25) is 5.91 Å². The van der Waals surface area contributed by atoms with E-state index in [2.05, 4.69) is 10.2 Å². The predicted molar refractivity (Wildman–Crippen MR) is 147 cm³/mol. The fourth-order valence-corrected chi connectivity index (χ4v) is 4.94. The van der Waals surface area contributed by atoms with Gasteiger partial charge in [-0.1, -0.05) is 47.5 Å². The Hall–Kier alpha value is -1.79. The normalized spacial score (nSPS) is 15.2. The lowest BCUT2D eigenvalue weighted by Crippen LogP contribution is -2.37. The molecule has 2 aromatic rings. The van der Waals surface area contributed by atoms with Crippen molar-refractivity contribution in [2.24, 2.45) is 5.92 Å². The summed E-state index contributed by atoms with van der Waals surface area (Å²) in [6.45, 7) is 6.05. The highest BCUT2D eigenvalue weighted by Crippen LogP contribution is 2.30. The second kappa shape index (κ2) is 14.7. The smallest absolute Gasteiger partial charge is 0.253 e. The van der Waals surface area contributed by atoms with Crippen molar-refractivity contribution in [3.8, 4) is 0 Å². The number of amides is 2. The number of nitrogens with one attached hydrogen (secondary N) is 1. The lowest BCUT2D eigenvalue weighted by molar-refractivity contribution is -0.119. The third kappa shape index (κ3) is 9.30. The van der Waals surface area contributed by atoms with Crippen LogP contribution in [0.2, 0.25) is 10.0 Å². The third-order valence-electron chi connectivity index (χ3n) is 6.70. The zero-order chi connectivity index (χ0) is 24.5. The number of rotatable bonds is 10. The SMILES string of the molecule is CC(=O)NCCC1CCN(CCC(CN(C)C(=O)c2ccccc2)c2ccc(Cl)c(Cl)c2)CC1.Cl. The summed E-state index contributed by atoms with van der Waals surface area (Å²) in [4.78, 5) is 28.3. The molecule has 3 rings (SSSR count). The Labute approximate surface area is 225 Å². The van der Waals surface area contributed by atoms with E-state index in [9.17, 15) is 9.59 Å². The van der Waals surface area contributed by atoms with E-state index < -0.39 is 0 Å². The van der Waals surface area contributed by atoms with E-state index in [1.807, 2.05) is 55.6 Å². The standard InChI is InChI=1S/C27H35Cl2N3O2.ClH/c1-20(33)30-14-10-21-11-15-32(16-12-21)17-13-24(23-8-9-25(28)26(29)18-23)19-31(2)27(34)22-6-4-3-5-7-22;/h3-9,18,21,24H,10-17,19H2,1-2H3,(H,30,33);1H. The molecule has 0 spiro atoms. The van der Waals surface area contributed by atoms with Gasteiger partial charge in [-0.25, -0.2) is 0 Å². The van der Waals surface area contributed by atoms with Gasteiger partial charge in [0.15, 0.2) is 0 Å². The first-order valence-electron chi connectivity index (χ1n) is 12.1. The van der Waals surface area contributed by atoms with Crippen LogP contribution in [0.15, 0.2) is 48.5 Å². The fraction of sp³-hybridized carbons (Fsp3) is 0.481. The van der Waals surface area contributed by atoms with Crippen molar-refractivity contribution in [2.45, 2.75) is 38.5 Å². The van der Waals surface area contributed by atoms with Crippen LogP contribution in [0.1, 0.15) is 54.4 Å². The van der Waals surface area contributed by atoms with E-state index in [4.69, 9.17) is 23.2 Å². The van der Waals surface area contributed by atoms with Crippen molar-refractivity contribution in [1.29, 1.82) is 0 Å². The third-order valence-corrected chi connectivity index (χ3v) is 7.44. The Morgan fingerprint density at radius 2 is 1.77 bits per heavy atom. The van der Waals surface area contributed by atoms with Crippen molar-refractivity contribution in [3.63, 3.8) is 0 Å². The van der Waals surface area contributed by atoms with Crippen molar-refractivity contribution in [2.75, 3.05) is 39.8 Å². The Balaban J connectivity index is 0.00000432. The molecule has 1 saturated heterocycles. The lowest BCUT2D eigenvalue weighted by Gasteiger charge is -2.33. The molecule has 1 N–H and O–H groups in total. The molecule has 2 aromatic carbocycles. The lowest BCUT2D eigenvalue weighted by atomic mass is 9.91. The molecule has 0 aromatic heterocycles. The number of halogens is 3. The molecule has 1 fully saturated rings.